The zero-order valence-corrected chi connectivity index (χ0v) is 10.1. The standard InChI is InChI=1S/C13H17FN2O2/c14-11-3-1-10(2-4-11)5-6-16-13(17)12-9-18-8-7-15-12/h1-4,12,15H,5-9H2,(H,16,17). The minimum atomic E-state index is -0.257. The first-order valence-electron chi connectivity index (χ1n) is 6.09. The van der Waals surface area contributed by atoms with Crippen molar-refractivity contribution in [3.8, 4) is 0 Å². The molecule has 1 aromatic carbocycles. The molecule has 5 heteroatoms. The van der Waals surface area contributed by atoms with Gasteiger partial charge >= 0.3 is 0 Å². The Labute approximate surface area is 106 Å². The van der Waals surface area contributed by atoms with Crippen molar-refractivity contribution in [1.82, 2.24) is 10.6 Å². The van der Waals surface area contributed by atoms with Crippen molar-refractivity contribution < 1.29 is 13.9 Å². The SMILES string of the molecule is O=C(NCCc1ccc(F)cc1)C1COCCN1. The summed E-state index contributed by atoms with van der Waals surface area (Å²) in [5.41, 5.74) is 1.00. The second-order valence-corrected chi connectivity index (χ2v) is 4.25. The van der Waals surface area contributed by atoms with Crippen LogP contribution in [0.4, 0.5) is 4.39 Å². The summed E-state index contributed by atoms with van der Waals surface area (Å²) in [6.07, 6.45) is 0.694. The zero-order chi connectivity index (χ0) is 12.8. The van der Waals surface area contributed by atoms with Gasteiger partial charge in [0.15, 0.2) is 0 Å². The van der Waals surface area contributed by atoms with Crippen LogP contribution in [-0.4, -0.2) is 38.3 Å². The Kier molecular flexibility index (Phi) is 4.66. The highest BCUT2D eigenvalue weighted by molar-refractivity contribution is 5.81. The molecule has 1 unspecified atom stereocenters. The fraction of sp³-hybridized carbons (Fsp3) is 0.462. The van der Waals surface area contributed by atoms with E-state index in [4.69, 9.17) is 4.74 Å². The predicted octanol–water partition coefficient (Wildman–Crippen LogP) is 0.473. The van der Waals surface area contributed by atoms with Crippen LogP contribution < -0.4 is 10.6 Å². The second kappa shape index (κ2) is 6.47. The Morgan fingerprint density at radius 3 is 2.89 bits per heavy atom. The number of morpholine rings is 1. The highest BCUT2D eigenvalue weighted by Gasteiger charge is 2.20. The van der Waals surface area contributed by atoms with E-state index in [9.17, 15) is 9.18 Å². The summed E-state index contributed by atoms with van der Waals surface area (Å²) in [5.74, 6) is -0.289. The number of carbonyl (C=O) groups excluding carboxylic acids is 1. The molecular formula is C13H17FN2O2. The van der Waals surface area contributed by atoms with E-state index in [-0.39, 0.29) is 17.8 Å². The Balaban J connectivity index is 1.71. The largest absolute Gasteiger partial charge is 0.378 e. The van der Waals surface area contributed by atoms with Gasteiger partial charge in [-0.05, 0) is 24.1 Å². The predicted molar refractivity (Wildman–Crippen MR) is 65.7 cm³/mol. The van der Waals surface area contributed by atoms with Crippen molar-refractivity contribution in [3.05, 3.63) is 35.6 Å². The maximum atomic E-state index is 12.7. The van der Waals surface area contributed by atoms with Crippen molar-refractivity contribution in [2.75, 3.05) is 26.3 Å². The van der Waals surface area contributed by atoms with E-state index < -0.39 is 0 Å². The lowest BCUT2D eigenvalue weighted by Gasteiger charge is -2.22. The third-order valence-electron chi connectivity index (χ3n) is 2.86. The highest BCUT2D eigenvalue weighted by Crippen LogP contribution is 2.02. The van der Waals surface area contributed by atoms with Gasteiger partial charge in [-0.1, -0.05) is 12.1 Å². The molecule has 1 aliphatic rings. The number of nitrogens with one attached hydrogen (secondary N) is 2. The van der Waals surface area contributed by atoms with Gasteiger partial charge < -0.3 is 15.4 Å². The minimum absolute atomic E-state index is 0.0446. The van der Waals surface area contributed by atoms with Crippen LogP contribution in [0.2, 0.25) is 0 Å². The normalized spacial score (nSPS) is 19.5. The molecule has 0 spiro atoms. The van der Waals surface area contributed by atoms with Crippen LogP contribution in [0, 0.1) is 5.82 Å². The molecule has 0 aliphatic carbocycles. The van der Waals surface area contributed by atoms with Gasteiger partial charge in [0, 0.05) is 13.1 Å². The Morgan fingerprint density at radius 2 is 2.22 bits per heavy atom. The van der Waals surface area contributed by atoms with Gasteiger partial charge in [-0.15, -0.1) is 0 Å². The van der Waals surface area contributed by atoms with E-state index >= 15 is 0 Å². The van der Waals surface area contributed by atoms with E-state index in [1.54, 1.807) is 12.1 Å². The van der Waals surface area contributed by atoms with Crippen LogP contribution in [0.15, 0.2) is 24.3 Å². The van der Waals surface area contributed by atoms with Gasteiger partial charge in [0.2, 0.25) is 5.91 Å². The lowest BCUT2D eigenvalue weighted by molar-refractivity contribution is -0.125. The van der Waals surface area contributed by atoms with E-state index in [1.807, 2.05) is 0 Å². The lowest BCUT2D eigenvalue weighted by Crippen LogP contribution is -2.51. The molecule has 98 valence electrons. The highest BCUT2D eigenvalue weighted by atomic mass is 19.1. The topological polar surface area (TPSA) is 50.4 Å². The molecular weight excluding hydrogens is 235 g/mol. The van der Waals surface area contributed by atoms with Crippen LogP contribution >= 0.6 is 0 Å². The summed E-state index contributed by atoms with van der Waals surface area (Å²) in [6.45, 7) is 2.32. The van der Waals surface area contributed by atoms with Crippen LogP contribution in [-0.2, 0) is 16.0 Å². The van der Waals surface area contributed by atoms with Gasteiger partial charge in [-0.2, -0.15) is 0 Å². The molecule has 0 radical (unpaired) electrons. The zero-order valence-electron chi connectivity index (χ0n) is 10.1. The summed E-state index contributed by atoms with van der Waals surface area (Å²) in [4.78, 5) is 11.7. The van der Waals surface area contributed by atoms with Crippen molar-refractivity contribution >= 4 is 5.91 Å². The average molecular weight is 252 g/mol. The van der Waals surface area contributed by atoms with E-state index in [2.05, 4.69) is 10.6 Å². The molecule has 0 saturated carbocycles. The molecule has 1 fully saturated rings. The molecule has 1 heterocycles. The first kappa shape index (κ1) is 13.0. The van der Waals surface area contributed by atoms with Crippen LogP contribution in [0.3, 0.4) is 0 Å². The minimum Gasteiger partial charge on any atom is -0.378 e. The smallest absolute Gasteiger partial charge is 0.239 e. The van der Waals surface area contributed by atoms with Gasteiger partial charge in [0.1, 0.15) is 11.9 Å². The first-order valence-corrected chi connectivity index (χ1v) is 6.09. The molecule has 1 aliphatic heterocycles. The molecule has 1 atom stereocenters. The van der Waals surface area contributed by atoms with Gasteiger partial charge in [0.25, 0.3) is 0 Å². The Morgan fingerprint density at radius 1 is 1.44 bits per heavy atom. The van der Waals surface area contributed by atoms with Gasteiger partial charge in [0.05, 0.1) is 13.2 Å². The van der Waals surface area contributed by atoms with E-state index in [0.29, 0.717) is 32.7 Å². The molecule has 0 aromatic heterocycles. The quantitative estimate of drug-likeness (QED) is 0.819. The van der Waals surface area contributed by atoms with E-state index in [1.165, 1.54) is 12.1 Å². The number of halogens is 1. The summed E-state index contributed by atoms with van der Waals surface area (Å²) in [7, 11) is 0. The molecule has 1 saturated heterocycles. The Bertz CT molecular complexity index is 388. The fourth-order valence-corrected chi connectivity index (χ4v) is 1.84. The molecule has 0 bridgehead atoms. The molecule has 1 aromatic rings. The maximum absolute atomic E-state index is 12.7. The van der Waals surface area contributed by atoms with Crippen LogP contribution in [0.5, 0.6) is 0 Å². The number of amides is 1. The number of hydrogen-bond donors (Lipinski definition) is 2. The summed E-state index contributed by atoms with van der Waals surface area (Å²) >= 11 is 0. The first-order chi connectivity index (χ1) is 8.75. The van der Waals surface area contributed by atoms with Crippen molar-refractivity contribution in [2.45, 2.75) is 12.5 Å². The number of ether oxygens (including phenoxy) is 1. The van der Waals surface area contributed by atoms with E-state index in [0.717, 1.165) is 5.56 Å². The van der Waals surface area contributed by atoms with Gasteiger partial charge in [-0.3, -0.25) is 4.79 Å². The second-order valence-electron chi connectivity index (χ2n) is 4.25. The number of benzene rings is 1. The molecule has 4 nitrogen and oxygen atoms in total. The van der Waals surface area contributed by atoms with Crippen molar-refractivity contribution in [3.63, 3.8) is 0 Å². The summed E-state index contributed by atoms with van der Waals surface area (Å²) < 4.78 is 17.9. The van der Waals surface area contributed by atoms with Crippen molar-refractivity contribution in [2.24, 2.45) is 0 Å². The van der Waals surface area contributed by atoms with Crippen LogP contribution in [0.1, 0.15) is 5.56 Å². The number of hydrogen-bond acceptors (Lipinski definition) is 3. The third-order valence-corrected chi connectivity index (χ3v) is 2.86. The molecule has 18 heavy (non-hydrogen) atoms. The average Bonchev–Trinajstić information content (AvgIpc) is 2.42. The maximum Gasteiger partial charge on any atom is 0.239 e. The number of carbonyl (C=O) groups is 1. The van der Waals surface area contributed by atoms with Crippen molar-refractivity contribution in [1.29, 1.82) is 0 Å². The molecule has 2 rings (SSSR count). The molecule has 1 amide bonds. The third kappa shape index (κ3) is 3.78. The summed E-state index contributed by atoms with van der Waals surface area (Å²) in [6, 6.07) is 6.04. The Hall–Kier alpha value is -1.46. The van der Waals surface area contributed by atoms with Crippen LogP contribution in [0.25, 0.3) is 0 Å². The fourth-order valence-electron chi connectivity index (χ4n) is 1.84. The lowest BCUT2D eigenvalue weighted by atomic mass is 10.1. The summed E-state index contributed by atoms with van der Waals surface area (Å²) in [5, 5.41) is 5.93. The number of rotatable bonds is 4. The van der Waals surface area contributed by atoms with Gasteiger partial charge in [-0.25, -0.2) is 4.39 Å². The molecule has 2 N–H and O–H groups in total. The monoisotopic (exact) mass is 252 g/mol.